The number of hydrogen-bond acceptors (Lipinski definition) is 2. The molecule has 1 aliphatic rings. The highest BCUT2D eigenvalue weighted by Crippen LogP contribution is 2.38. The van der Waals surface area contributed by atoms with Crippen molar-refractivity contribution in [1.29, 1.82) is 0 Å². The van der Waals surface area contributed by atoms with E-state index in [0.29, 0.717) is 6.04 Å². The zero-order valence-electron chi connectivity index (χ0n) is 10.1. The highest BCUT2D eigenvalue weighted by molar-refractivity contribution is 5.61. The summed E-state index contributed by atoms with van der Waals surface area (Å²) in [6, 6.07) is 5.51. The fourth-order valence-corrected chi connectivity index (χ4v) is 2.43. The smallest absolute Gasteiger partial charge is 0.123 e. The number of nitrogens with zero attached hydrogens (tertiary/aromatic N) is 1. The van der Waals surface area contributed by atoms with Crippen LogP contribution < -0.4 is 10.6 Å². The number of fused-ring (bicyclic) bond motifs is 1. The molecule has 0 fully saturated rings. The summed E-state index contributed by atoms with van der Waals surface area (Å²) >= 11 is 0. The number of hydrogen-bond donors (Lipinski definition) is 1. The molecule has 1 aromatic rings. The second kappa shape index (κ2) is 4.06. The van der Waals surface area contributed by atoms with Gasteiger partial charge in [-0.2, -0.15) is 0 Å². The summed E-state index contributed by atoms with van der Waals surface area (Å²) in [5.74, 6) is 0.0723. The van der Waals surface area contributed by atoms with Crippen LogP contribution in [0.15, 0.2) is 18.2 Å². The largest absolute Gasteiger partial charge is 0.368 e. The van der Waals surface area contributed by atoms with Gasteiger partial charge in [0, 0.05) is 30.2 Å². The van der Waals surface area contributed by atoms with E-state index in [0.717, 1.165) is 17.8 Å². The van der Waals surface area contributed by atoms with Crippen LogP contribution in [0.25, 0.3) is 0 Å². The molecule has 3 heteroatoms. The van der Waals surface area contributed by atoms with Gasteiger partial charge in [0.25, 0.3) is 0 Å². The van der Waals surface area contributed by atoms with E-state index in [1.165, 1.54) is 6.07 Å². The van der Waals surface area contributed by atoms with E-state index < -0.39 is 0 Å². The lowest BCUT2D eigenvalue weighted by molar-refractivity contribution is 0.562. The lowest BCUT2D eigenvalue weighted by Gasteiger charge is -2.25. The molecule has 2 unspecified atom stereocenters. The molecule has 0 saturated heterocycles. The van der Waals surface area contributed by atoms with Crippen LogP contribution in [-0.4, -0.2) is 18.6 Å². The second-order valence-electron chi connectivity index (χ2n) is 4.91. The monoisotopic (exact) mass is 222 g/mol. The molecule has 2 N–H and O–H groups in total. The van der Waals surface area contributed by atoms with E-state index in [1.54, 1.807) is 6.07 Å². The summed E-state index contributed by atoms with van der Waals surface area (Å²) in [6.07, 6.45) is 0. The SMILES string of the molecule is CC(N)C1CN(C(C)C)c2ccc(F)cc21. The zero-order chi connectivity index (χ0) is 11.9. The van der Waals surface area contributed by atoms with Crippen LogP contribution in [0.2, 0.25) is 0 Å². The van der Waals surface area contributed by atoms with Crippen molar-refractivity contribution in [3.8, 4) is 0 Å². The van der Waals surface area contributed by atoms with Gasteiger partial charge in [0.1, 0.15) is 5.82 Å². The van der Waals surface area contributed by atoms with Gasteiger partial charge in [-0.15, -0.1) is 0 Å². The number of benzene rings is 1. The van der Waals surface area contributed by atoms with Crippen LogP contribution >= 0.6 is 0 Å². The summed E-state index contributed by atoms with van der Waals surface area (Å²) in [5, 5.41) is 0. The molecule has 0 bridgehead atoms. The van der Waals surface area contributed by atoms with Gasteiger partial charge in [0.2, 0.25) is 0 Å². The Morgan fingerprint density at radius 3 is 2.62 bits per heavy atom. The Hall–Kier alpha value is -1.09. The van der Waals surface area contributed by atoms with Gasteiger partial charge < -0.3 is 10.6 Å². The molecule has 2 nitrogen and oxygen atoms in total. The predicted octanol–water partition coefficient (Wildman–Crippen LogP) is 2.48. The lowest BCUT2D eigenvalue weighted by Crippen LogP contribution is -2.33. The third-order valence-corrected chi connectivity index (χ3v) is 3.35. The van der Waals surface area contributed by atoms with Gasteiger partial charge in [-0.05, 0) is 44.5 Å². The molecule has 2 rings (SSSR count). The van der Waals surface area contributed by atoms with Gasteiger partial charge in [-0.25, -0.2) is 4.39 Å². The maximum absolute atomic E-state index is 13.3. The fourth-order valence-electron chi connectivity index (χ4n) is 2.43. The first-order valence-electron chi connectivity index (χ1n) is 5.82. The number of halogens is 1. The Balaban J connectivity index is 2.44. The van der Waals surface area contributed by atoms with Gasteiger partial charge in [0.15, 0.2) is 0 Å². The van der Waals surface area contributed by atoms with E-state index in [2.05, 4.69) is 18.7 Å². The zero-order valence-corrected chi connectivity index (χ0v) is 10.1. The number of anilines is 1. The Labute approximate surface area is 96.2 Å². The first-order chi connectivity index (χ1) is 7.50. The van der Waals surface area contributed by atoms with Crippen LogP contribution in [-0.2, 0) is 0 Å². The van der Waals surface area contributed by atoms with E-state index in [-0.39, 0.29) is 17.8 Å². The Kier molecular flexibility index (Phi) is 2.89. The molecule has 0 saturated carbocycles. The lowest BCUT2D eigenvalue weighted by atomic mass is 9.95. The second-order valence-corrected chi connectivity index (χ2v) is 4.91. The van der Waals surface area contributed by atoms with Crippen LogP contribution in [0.1, 0.15) is 32.3 Å². The van der Waals surface area contributed by atoms with Crippen molar-refractivity contribution in [1.82, 2.24) is 0 Å². The van der Waals surface area contributed by atoms with Crippen molar-refractivity contribution in [2.75, 3.05) is 11.4 Å². The van der Waals surface area contributed by atoms with E-state index in [9.17, 15) is 4.39 Å². The third-order valence-electron chi connectivity index (χ3n) is 3.35. The van der Waals surface area contributed by atoms with Gasteiger partial charge in [-0.3, -0.25) is 0 Å². The Morgan fingerprint density at radius 2 is 2.06 bits per heavy atom. The topological polar surface area (TPSA) is 29.3 Å². The van der Waals surface area contributed by atoms with Crippen LogP contribution in [0, 0.1) is 5.82 Å². The van der Waals surface area contributed by atoms with Crippen LogP contribution in [0.3, 0.4) is 0 Å². The molecule has 88 valence electrons. The van der Waals surface area contributed by atoms with E-state index >= 15 is 0 Å². The molecule has 0 aromatic heterocycles. The summed E-state index contributed by atoms with van der Waals surface area (Å²) in [6.45, 7) is 7.19. The molecule has 1 aliphatic heterocycles. The van der Waals surface area contributed by atoms with Crippen molar-refractivity contribution >= 4 is 5.69 Å². The van der Waals surface area contributed by atoms with Crippen LogP contribution in [0.5, 0.6) is 0 Å². The average molecular weight is 222 g/mol. The highest BCUT2D eigenvalue weighted by Gasteiger charge is 2.32. The normalized spacial score (nSPS) is 21.4. The molecular weight excluding hydrogens is 203 g/mol. The third kappa shape index (κ3) is 1.80. The molecule has 0 amide bonds. The number of nitrogens with two attached hydrogens (primary N) is 1. The minimum absolute atomic E-state index is 0.0595. The van der Waals surface area contributed by atoms with Crippen LogP contribution in [0.4, 0.5) is 10.1 Å². The number of rotatable bonds is 2. The predicted molar refractivity (Wildman–Crippen MR) is 65.3 cm³/mol. The van der Waals surface area contributed by atoms with Crippen molar-refractivity contribution in [2.45, 2.75) is 38.8 Å². The first kappa shape index (κ1) is 11.4. The molecule has 0 spiro atoms. The molecular formula is C13H19FN2. The summed E-state index contributed by atoms with van der Waals surface area (Å²) < 4.78 is 13.3. The van der Waals surface area contributed by atoms with E-state index in [4.69, 9.17) is 5.73 Å². The van der Waals surface area contributed by atoms with Crippen molar-refractivity contribution in [2.24, 2.45) is 5.73 Å². The van der Waals surface area contributed by atoms with Gasteiger partial charge in [0.05, 0.1) is 0 Å². The first-order valence-corrected chi connectivity index (χ1v) is 5.82. The summed E-state index contributed by atoms with van der Waals surface area (Å²) in [5.41, 5.74) is 8.17. The Morgan fingerprint density at radius 1 is 1.38 bits per heavy atom. The maximum atomic E-state index is 13.3. The molecule has 16 heavy (non-hydrogen) atoms. The molecule has 0 radical (unpaired) electrons. The highest BCUT2D eigenvalue weighted by atomic mass is 19.1. The standard InChI is InChI=1S/C13H19FN2/c1-8(2)16-7-12(9(3)15)11-6-10(14)4-5-13(11)16/h4-6,8-9,12H,7,15H2,1-3H3. The van der Waals surface area contributed by atoms with Gasteiger partial charge in [-0.1, -0.05) is 0 Å². The molecule has 1 aromatic carbocycles. The fraction of sp³-hybridized carbons (Fsp3) is 0.538. The quantitative estimate of drug-likeness (QED) is 0.833. The van der Waals surface area contributed by atoms with Crippen molar-refractivity contribution in [3.05, 3.63) is 29.6 Å². The van der Waals surface area contributed by atoms with E-state index in [1.807, 2.05) is 13.0 Å². The Bertz CT molecular complexity index is 388. The maximum Gasteiger partial charge on any atom is 0.123 e. The molecule has 2 atom stereocenters. The minimum Gasteiger partial charge on any atom is -0.368 e. The van der Waals surface area contributed by atoms with Crippen molar-refractivity contribution in [3.63, 3.8) is 0 Å². The summed E-state index contributed by atoms with van der Waals surface area (Å²) in [7, 11) is 0. The molecule has 0 aliphatic carbocycles. The van der Waals surface area contributed by atoms with Gasteiger partial charge >= 0.3 is 0 Å². The van der Waals surface area contributed by atoms with Crippen molar-refractivity contribution < 1.29 is 4.39 Å². The summed E-state index contributed by atoms with van der Waals surface area (Å²) in [4.78, 5) is 2.29. The average Bonchev–Trinajstić information content (AvgIpc) is 2.56. The minimum atomic E-state index is -0.171. The molecule has 1 heterocycles.